The topological polar surface area (TPSA) is 63.7 Å². The average molecular weight is 254 g/mol. The number of aryl methyl sites for hydroxylation is 1. The van der Waals surface area contributed by atoms with Gasteiger partial charge in [0.2, 0.25) is 0 Å². The van der Waals surface area contributed by atoms with Crippen LogP contribution in [0.5, 0.6) is 0 Å². The van der Waals surface area contributed by atoms with Crippen LogP contribution in [0.4, 0.5) is 0 Å². The first kappa shape index (κ1) is 11.9. The van der Waals surface area contributed by atoms with Crippen LogP contribution >= 0.6 is 0 Å². The van der Waals surface area contributed by atoms with E-state index in [-0.39, 0.29) is 6.10 Å². The van der Waals surface area contributed by atoms with E-state index in [0.29, 0.717) is 5.69 Å². The maximum atomic E-state index is 9.17. The lowest BCUT2D eigenvalue weighted by atomic mass is 10.1. The van der Waals surface area contributed by atoms with Gasteiger partial charge in [-0.25, -0.2) is 4.68 Å². The van der Waals surface area contributed by atoms with Crippen molar-refractivity contribution < 1.29 is 4.74 Å². The zero-order valence-electron chi connectivity index (χ0n) is 10.7. The Bertz CT molecular complexity index is 635. The molecule has 0 bridgehead atoms. The van der Waals surface area contributed by atoms with Gasteiger partial charge >= 0.3 is 0 Å². The van der Waals surface area contributed by atoms with E-state index in [1.807, 2.05) is 31.2 Å². The fourth-order valence-electron chi connectivity index (χ4n) is 2.40. The quantitative estimate of drug-likeness (QED) is 0.824. The Morgan fingerprint density at radius 1 is 1.47 bits per heavy atom. The van der Waals surface area contributed by atoms with Crippen molar-refractivity contribution in [1.29, 1.82) is 5.26 Å². The van der Waals surface area contributed by atoms with Crippen molar-refractivity contribution in [1.82, 2.24) is 15.0 Å². The van der Waals surface area contributed by atoms with Gasteiger partial charge in [0.1, 0.15) is 17.9 Å². The number of hydrogen-bond donors (Lipinski definition) is 0. The molecule has 1 fully saturated rings. The van der Waals surface area contributed by atoms with Gasteiger partial charge in [-0.1, -0.05) is 17.3 Å². The van der Waals surface area contributed by atoms with E-state index in [9.17, 15) is 5.26 Å². The summed E-state index contributed by atoms with van der Waals surface area (Å²) in [7, 11) is 0. The minimum Gasteiger partial charge on any atom is -0.372 e. The predicted molar refractivity (Wildman–Crippen MR) is 68.7 cm³/mol. The number of rotatable bonds is 2. The number of nitrogens with zero attached hydrogens (tertiary/aromatic N) is 4. The van der Waals surface area contributed by atoms with Crippen molar-refractivity contribution in [3.05, 3.63) is 41.2 Å². The minimum absolute atomic E-state index is 0.0786. The summed E-state index contributed by atoms with van der Waals surface area (Å²) in [5, 5.41) is 17.2. The second-order valence-corrected chi connectivity index (χ2v) is 4.69. The van der Waals surface area contributed by atoms with Gasteiger partial charge < -0.3 is 4.74 Å². The van der Waals surface area contributed by atoms with E-state index >= 15 is 0 Å². The number of aromatic nitrogens is 3. The number of nitriles is 1. The normalized spacial score (nSPS) is 18.4. The smallest absolute Gasteiger partial charge is 0.189 e. The highest BCUT2D eigenvalue weighted by Gasteiger charge is 2.27. The van der Waals surface area contributed by atoms with Gasteiger partial charge in [-0.2, -0.15) is 5.26 Å². The lowest BCUT2D eigenvalue weighted by Crippen LogP contribution is -2.08. The van der Waals surface area contributed by atoms with Crippen LogP contribution in [0, 0.1) is 18.3 Å². The molecule has 1 aliphatic heterocycles. The van der Waals surface area contributed by atoms with Crippen LogP contribution in [-0.2, 0) is 4.74 Å². The molecule has 5 nitrogen and oxygen atoms in total. The molecule has 0 aliphatic carbocycles. The standard InChI is InChI=1S/C14H14N4O/c1-10-4-2-5-11(8-10)18-14(12(9-15)16-17-18)13-6-3-7-19-13/h2,4-5,8,13H,3,6-7H2,1H3. The first-order valence-corrected chi connectivity index (χ1v) is 6.34. The number of hydrogen-bond acceptors (Lipinski definition) is 4. The average Bonchev–Trinajstić information content (AvgIpc) is 3.07. The first-order valence-electron chi connectivity index (χ1n) is 6.34. The highest BCUT2D eigenvalue weighted by atomic mass is 16.5. The van der Waals surface area contributed by atoms with Crippen molar-refractivity contribution in [3.63, 3.8) is 0 Å². The van der Waals surface area contributed by atoms with Gasteiger partial charge in [-0.15, -0.1) is 5.10 Å². The molecule has 96 valence electrons. The van der Waals surface area contributed by atoms with Gasteiger partial charge in [0.25, 0.3) is 0 Å². The van der Waals surface area contributed by atoms with Crippen LogP contribution in [0.3, 0.4) is 0 Å². The summed E-state index contributed by atoms with van der Waals surface area (Å²) in [4.78, 5) is 0. The molecule has 2 aromatic rings. The molecule has 0 amide bonds. The van der Waals surface area contributed by atoms with Gasteiger partial charge in [0.15, 0.2) is 5.69 Å². The fourth-order valence-corrected chi connectivity index (χ4v) is 2.40. The second kappa shape index (κ2) is 4.82. The van der Waals surface area contributed by atoms with Crippen molar-refractivity contribution in [2.45, 2.75) is 25.9 Å². The summed E-state index contributed by atoms with van der Waals surface area (Å²) < 4.78 is 7.40. The predicted octanol–water partition coefficient (Wildman–Crippen LogP) is 2.30. The fraction of sp³-hybridized carbons (Fsp3) is 0.357. The van der Waals surface area contributed by atoms with Crippen LogP contribution in [0.1, 0.15) is 35.9 Å². The van der Waals surface area contributed by atoms with Crippen LogP contribution < -0.4 is 0 Å². The molecular weight excluding hydrogens is 240 g/mol. The molecular formula is C14H14N4O. The monoisotopic (exact) mass is 254 g/mol. The lowest BCUT2D eigenvalue weighted by Gasteiger charge is -2.12. The van der Waals surface area contributed by atoms with Crippen LogP contribution in [0.25, 0.3) is 5.69 Å². The van der Waals surface area contributed by atoms with Gasteiger partial charge in [-0.3, -0.25) is 0 Å². The van der Waals surface area contributed by atoms with Crippen LogP contribution in [-0.4, -0.2) is 21.6 Å². The molecule has 3 rings (SSSR count). The van der Waals surface area contributed by atoms with Crippen LogP contribution in [0.2, 0.25) is 0 Å². The van der Waals surface area contributed by atoms with E-state index in [2.05, 4.69) is 16.4 Å². The molecule has 1 aromatic carbocycles. The molecule has 19 heavy (non-hydrogen) atoms. The molecule has 1 aromatic heterocycles. The van der Waals surface area contributed by atoms with Gasteiger partial charge in [-0.05, 0) is 37.5 Å². The van der Waals surface area contributed by atoms with E-state index < -0.39 is 0 Å². The van der Waals surface area contributed by atoms with E-state index in [4.69, 9.17) is 4.74 Å². The summed E-state index contributed by atoms with van der Waals surface area (Å²) in [6.07, 6.45) is 1.84. The third-order valence-corrected chi connectivity index (χ3v) is 3.29. The Morgan fingerprint density at radius 3 is 3.05 bits per heavy atom. The largest absolute Gasteiger partial charge is 0.372 e. The highest BCUT2D eigenvalue weighted by Crippen LogP contribution is 2.31. The molecule has 1 unspecified atom stereocenters. The first-order chi connectivity index (χ1) is 9.29. The van der Waals surface area contributed by atoms with Crippen molar-refractivity contribution >= 4 is 0 Å². The van der Waals surface area contributed by atoms with Crippen LogP contribution in [0.15, 0.2) is 24.3 Å². The summed E-state index contributed by atoms with van der Waals surface area (Å²) in [5.41, 5.74) is 3.18. The zero-order valence-corrected chi connectivity index (χ0v) is 10.7. The molecule has 0 radical (unpaired) electrons. The Labute approximate surface area is 111 Å². The molecule has 2 heterocycles. The molecule has 0 saturated carbocycles. The molecule has 1 saturated heterocycles. The summed E-state index contributed by atoms with van der Waals surface area (Å²) in [6, 6.07) is 10.1. The molecule has 0 spiro atoms. The van der Waals surface area contributed by atoms with E-state index in [1.54, 1.807) is 4.68 Å². The Hall–Kier alpha value is -2.19. The molecule has 5 heteroatoms. The molecule has 1 atom stereocenters. The maximum absolute atomic E-state index is 9.17. The summed E-state index contributed by atoms with van der Waals surface area (Å²) >= 11 is 0. The molecule has 0 N–H and O–H groups in total. The van der Waals surface area contributed by atoms with Gasteiger partial charge in [0, 0.05) is 6.61 Å². The summed E-state index contributed by atoms with van der Waals surface area (Å²) in [5.74, 6) is 0. The number of benzene rings is 1. The van der Waals surface area contributed by atoms with Gasteiger partial charge in [0.05, 0.1) is 5.69 Å². The second-order valence-electron chi connectivity index (χ2n) is 4.69. The lowest BCUT2D eigenvalue weighted by molar-refractivity contribution is 0.106. The van der Waals surface area contributed by atoms with E-state index in [0.717, 1.165) is 36.4 Å². The minimum atomic E-state index is -0.0786. The summed E-state index contributed by atoms with van der Waals surface area (Å²) in [6.45, 7) is 2.76. The zero-order chi connectivity index (χ0) is 13.2. The maximum Gasteiger partial charge on any atom is 0.189 e. The van der Waals surface area contributed by atoms with Crippen molar-refractivity contribution in [3.8, 4) is 11.8 Å². The Balaban J connectivity index is 2.11. The highest BCUT2D eigenvalue weighted by molar-refractivity contribution is 5.39. The molecule has 1 aliphatic rings. The van der Waals surface area contributed by atoms with Crippen molar-refractivity contribution in [2.24, 2.45) is 0 Å². The van der Waals surface area contributed by atoms with E-state index in [1.165, 1.54) is 0 Å². The Kier molecular flexibility index (Phi) is 3.02. The number of ether oxygens (including phenoxy) is 1. The van der Waals surface area contributed by atoms with Crippen molar-refractivity contribution in [2.75, 3.05) is 6.61 Å². The Morgan fingerprint density at radius 2 is 2.37 bits per heavy atom. The third kappa shape index (κ3) is 2.11. The SMILES string of the molecule is Cc1cccc(-n2nnc(C#N)c2C2CCCO2)c1. The third-order valence-electron chi connectivity index (χ3n) is 3.29.